The lowest BCUT2D eigenvalue weighted by Gasteiger charge is -2.30. The zero-order chi connectivity index (χ0) is 28.0. The molecule has 2 aromatic carbocycles. The minimum Gasteiger partial charge on any atom is -0.497 e. The number of ether oxygens (including phenoxy) is 1. The van der Waals surface area contributed by atoms with Gasteiger partial charge in [-0.15, -0.1) is 0 Å². The summed E-state index contributed by atoms with van der Waals surface area (Å²) >= 11 is 0. The quantitative estimate of drug-likeness (QED) is 0.251. The van der Waals surface area contributed by atoms with Gasteiger partial charge in [0.25, 0.3) is 6.01 Å². The molecular weight excluding hydrogens is 512 g/mol. The number of sulfonamides is 1. The molecule has 11 nitrogen and oxygen atoms in total. The van der Waals surface area contributed by atoms with Crippen molar-refractivity contribution in [2.75, 3.05) is 25.5 Å². The number of aliphatic hydroxyl groups excluding tert-OH is 1. The minimum absolute atomic E-state index is 0.0111. The first-order valence-electron chi connectivity index (χ1n) is 12.4. The number of fused-ring (bicyclic) bond motifs is 1. The third-order valence-electron chi connectivity index (χ3n) is 5.76. The number of carboxylic acid groups (broad SMARTS) is 1. The number of hydrogen-bond acceptors (Lipinski definition) is 8. The first-order valence-corrected chi connectivity index (χ1v) is 13.8. The van der Waals surface area contributed by atoms with Crippen molar-refractivity contribution in [1.82, 2.24) is 14.6 Å². The molecule has 0 radical (unpaired) electrons. The first-order chi connectivity index (χ1) is 17.9. The van der Waals surface area contributed by atoms with Crippen molar-refractivity contribution in [3.63, 3.8) is 0 Å². The number of carbonyl (C=O) groups is 1. The maximum atomic E-state index is 13.7. The van der Waals surface area contributed by atoms with Crippen LogP contribution in [-0.2, 0) is 16.4 Å². The monoisotopic (exact) mass is 548 g/mol. The fraction of sp³-hybridized carbons (Fsp3) is 0.462. The second-order valence-corrected chi connectivity index (χ2v) is 11.8. The van der Waals surface area contributed by atoms with Gasteiger partial charge in [-0.1, -0.05) is 26.0 Å². The maximum absolute atomic E-state index is 13.7. The lowest BCUT2D eigenvalue weighted by molar-refractivity contribution is 0.0980. The van der Waals surface area contributed by atoms with Gasteiger partial charge < -0.3 is 30.0 Å². The van der Waals surface area contributed by atoms with E-state index in [1.807, 2.05) is 27.7 Å². The van der Waals surface area contributed by atoms with Crippen LogP contribution in [0.5, 0.6) is 5.75 Å². The SMILES string of the molecule is COc1ccc(C[C@H](NC(=O)O)[C@H](O)CN(CC(C)C)S(=O)(=O)c2ccc3nc(NC(C)C)oc3c2)cc1. The van der Waals surface area contributed by atoms with Crippen LogP contribution in [-0.4, -0.2) is 72.4 Å². The fourth-order valence-electron chi connectivity index (χ4n) is 3.99. The van der Waals surface area contributed by atoms with Crippen molar-refractivity contribution in [3.8, 4) is 5.75 Å². The average Bonchev–Trinajstić information content (AvgIpc) is 3.23. The van der Waals surface area contributed by atoms with Gasteiger partial charge in [0.15, 0.2) is 5.58 Å². The summed E-state index contributed by atoms with van der Waals surface area (Å²) in [6.45, 7) is 7.40. The largest absolute Gasteiger partial charge is 0.497 e. The van der Waals surface area contributed by atoms with E-state index in [2.05, 4.69) is 15.6 Å². The summed E-state index contributed by atoms with van der Waals surface area (Å²) in [7, 11) is -2.53. The summed E-state index contributed by atoms with van der Waals surface area (Å²) in [5, 5.41) is 25.8. The molecule has 0 bridgehead atoms. The van der Waals surface area contributed by atoms with Crippen LogP contribution in [0.1, 0.15) is 33.3 Å². The number of anilines is 1. The van der Waals surface area contributed by atoms with Gasteiger partial charge in [0, 0.05) is 25.2 Å². The van der Waals surface area contributed by atoms with Crippen LogP contribution in [0.3, 0.4) is 0 Å². The number of oxazole rings is 1. The number of benzene rings is 2. The van der Waals surface area contributed by atoms with Crippen LogP contribution >= 0.6 is 0 Å². The van der Waals surface area contributed by atoms with Gasteiger partial charge in [-0.25, -0.2) is 13.2 Å². The van der Waals surface area contributed by atoms with Crippen molar-refractivity contribution in [3.05, 3.63) is 48.0 Å². The summed E-state index contributed by atoms with van der Waals surface area (Å²) in [6, 6.07) is 10.8. The molecule has 0 aliphatic heterocycles. The molecule has 0 unspecified atom stereocenters. The van der Waals surface area contributed by atoms with Crippen LogP contribution in [0.15, 0.2) is 51.8 Å². The molecule has 0 fully saturated rings. The summed E-state index contributed by atoms with van der Waals surface area (Å²) in [4.78, 5) is 15.8. The lowest BCUT2D eigenvalue weighted by atomic mass is 10.0. The van der Waals surface area contributed by atoms with E-state index in [0.717, 1.165) is 5.56 Å². The summed E-state index contributed by atoms with van der Waals surface area (Å²) in [5.74, 6) is 0.586. The van der Waals surface area contributed by atoms with E-state index in [9.17, 15) is 23.4 Å². The smallest absolute Gasteiger partial charge is 0.404 e. The Labute approximate surface area is 222 Å². The van der Waals surface area contributed by atoms with E-state index in [4.69, 9.17) is 9.15 Å². The van der Waals surface area contributed by atoms with Crippen LogP contribution < -0.4 is 15.4 Å². The van der Waals surface area contributed by atoms with E-state index in [1.165, 1.54) is 16.4 Å². The first kappa shape index (κ1) is 29.2. The Hall–Kier alpha value is -3.35. The molecule has 2 atom stereocenters. The van der Waals surface area contributed by atoms with Gasteiger partial charge in [-0.2, -0.15) is 9.29 Å². The van der Waals surface area contributed by atoms with Crippen LogP contribution in [0.4, 0.5) is 10.8 Å². The van der Waals surface area contributed by atoms with Gasteiger partial charge in [0.1, 0.15) is 11.3 Å². The zero-order valence-electron chi connectivity index (χ0n) is 22.2. The highest BCUT2D eigenvalue weighted by atomic mass is 32.2. The standard InChI is InChI=1S/C26H36N4O7S/c1-16(2)14-30(15-23(31)22(29-26(32)33)12-18-6-8-19(36-5)9-7-18)38(34,35)20-10-11-21-24(13-20)37-25(28-21)27-17(3)4/h6-11,13,16-17,22-23,29,31H,12,14-15H2,1-5H3,(H,27,28)(H,32,33)/t22-,23+/m0/s1. The highest BCUT2D eigenvalue weighted by Gasteiger charge is 2.32. The van der Waals surface area contributed by atoms with Gasteiger partial charge in [-0.05, 0) is 56.0 Å². The second kappa shape index (κ2) is 12.5. The van der Waals surface area contributed by atoms with E-state index in [-0.39, 0.29) is 36.4 Å². The molecule has 0 saturated carbocycles. The number of rotatable bonds is 13. The van der Waals surface area contributed by atoms with Gasteiger partial charge >= 0.3 is 6.09 Å². The molecule has 0 aliphatic rings. The summed E-state index contributed by atoms with van der Waals surface area (Å²) in [6.07, 6.45) is -2.48. The maximum Gasteiger partial charge on any atom is 0.404 e. The third-order valence-corrected chi connectivity index (χ3v) is 7.58. The number of aromatic nitrogens is 1. The highest BCUT2D eigenvalue weighted by molar-refractivity contribution is 7.89. The average molecular weight is 549 g/mol. The number of methoxy groups -OCH3 is 1. The van der Waals surface area contributed by atoms with Crippen molar-refractivity contribution in [2.24, 2.45) is 5.92 Å². The number of aliphatic hydroxyl groups is 1. The minimum atomic E-state index is -4.07. The number of amides is 1. The van der Waals surface area contributed by atoms with E-state index >= 15 is 0 Å². The number of nitrogens with one attached hydrogen (secondary N) is 2. The Bertz CT molecular complexity index is 1320. The highest BCUT2D eigenvalue weighted by Crippen LogP contribution is 2.26. The summed E-state index contributed by atoms with van der Waals surface area (Å²) < 4.78 is 39.4. The van der Waals surface area contributed by atoms with E-state index in [1.54, 1.807) is 37.4 Å². The third kappa shape index (κ3) is 7.59. The van der Waals surface area contributed by atoms with Crippen LogP contribution in [0.25, 0.3) is 11.1 Å². The Balaban J connectivity index is 1.87. The Morgan fingerprint density at radius 3 is 2.37 bits per heavy atom. The molecule has 0 saturated heterocycles. The van der Waals surface area contributed by atoms with Crippen LogP contribution in [0.2, 0.25) is 0 Å². The molecule has 0 spiro atoms. The van der Waals surface area contributed by atoms with Crippen LogP contribution in [0, 0.1) is 5.92 Å². The Morgan fingerprint density at radius 1 is 1.11 bits per heavy atom. The molecule has 1 aromatic heterocycles. The molecule has 12 heteroatoms. The number of nitrogens with zero attached hydrogens (tertiary/aromatic N) is 2. The Morgan fingerprint density at radius 2 is 1.79 bits per heavy atom. The predicted octanol–water partition coefficient (Wildman–Crippen LogP) is 3.54. The van der Waals surface area contributed by atoms with Crippen molar-refractivity contribution >= 4 is 33.2 Å². The predicted molar refractivity (Wildman–Crippen MR) is 144 cm³/mol. The molecule has 3 rings (SSSR count). The molecule has 4 N–H and O–H groups in total. The molecular formula is C26H36N4O7S. The molecule has 38 heavy (non-hydrogen) atoms. The molecule has 1 heterocycles. The van der Waals surface area contributed by atoms with Gasteiger partial charge in [0.05, 0.1) is 24.2 Å². The topological polar surface area (TPSA) is 154 Å². The van der Waals surface area contributed by atoms with E-state index in [0.29, 0.717) is 22.9 Å². The summed E-state index contributed by atoms with van der Waals surface area (Å²) in [5.41, 5.74) is 1.57. The molecule has 208 valence electrons. The molecule has 3 aromatic rings. The van der Waals surface area contributed by atoms with Gasteiger partial charge in [-0.3, -0.25) is 0 Å². The molecule has 0 aliphatic carbocycles. The van der Waals surface area contributed by atoms with Crippen molar-refractivity contribution in [1.29, 1.82) is 0 Å². The second-order valence-electron chi connectivity index (χ2n) is 9.84. The van der Waals surface area contributed by atoms with E-state index < -0.39 is 28.3 Å². The van der Waals surface area contributed by atoms with Crippen molar-refractivity contribution in [2.45, 2.75) is 57.2 Å². The number of hydrogen-bond donors (Lipinski definition) is 4. The fourth-order valence-corrected chi connectivity index (χ4v) is 5.63. The normalized spacial score (nSPS) is 13.7. The zero-order valence-corrected chi connectivity index (χ0v) is 23.0. The Kier molecular flexibility index (Phi) is 9.58. The lowest BCUT2D eigenvalue weighted by Crippen LogP contribution is -2.50. The van der Waals surface area contributed by atoms with Gasteiger partial charge in [0.2, 0.25) is 10.0 Å². The molecule has 1 amide bonds. The van der Waals surface area contributed by atoms with Crippen molar-refractivity contribution < 1.29 is 32.6 Å².